The van der Waals surface area contributed by atoms with Gasteiger partial charge in [0, 0.05) is 11.7 Å². The second kappa shape index (κ2) is 6.92. The molecular formula is C17H23N3O2. The molecule has 0 radical (unpaired) electrons. The van der Waals surface area contributed by atoms with E-state index >= 15 is 0 Å². The number of hydrogen-bond donors (Lipinski definition) is 3. The fourth-order valence-corrected chi connectivity index (χ4v) is 2.70. The van der Waals surface area contributed by atoms with E-state index in [1.807, 2.05) is 24.3 Å². The van der Waals surface area contributed by atoms with E-state index in [1.54, 1.807) is 0 Å². The van der Waals surface area contributed by atoms with Crippen LogP contribution in [0.2, 0.25) is 0 Å². The van der Waals surface area contributed by atoms with Gasteiger partial charge in [-0.05, 0) is 49.9 Å². The van der Waals surface area contributed by atoms with Gasteiger partial charge in [0.1, 0.15) is 0 Å². The number of amides is 2. The third-order valence-corrected chi connectivity index (χ3v) is 4.16. The highest BCUT2D eigenvalue weighted by Gasteiger charge is 2.23. The van der Waals surface area contributed by atoms with Crippen molar-refractivity contribution in [2.24, 2.45) is 0 Å². The molecule has 1 aliphatic carbocycles. The van der Waals surface area contributed by atoms with Crippen LogP contribution in [0.3, 0.4) is 0 Å². The number of nitrogens with one attached hydrogen (secondary N) is 3. The smallest absolute Gasteiger partial charge is 0.241 e. The lowest BCUT2D eigenvalue weighted by molar-refractivity contribution is -0.120. The van der Waals surface area contributed by atoms with Crippen molar-refractivity contribution in [3.8, 4) is 0 Å². The molecule has 1 atom stereocenters. The normalized spacial score (nSPS) is 21.2. The number of hydrogen-bond acceptors (Lipinski definition) is 3. The van der Waals surface area contributed by atoms with E-state index in [0.29, 0.717) is 12.5 Å². The molecule has 1 heterocycles. The van der Waals surface area contributed by atoms with Gasteiger partial charge in [0.05, 0.1) is 12.5 Å². The van der Waals surface area contributed by atoms with Gasteiger partial charge in [0.25, 0.3) is 0 Å². The average Bonchev–Trinajstić information content (AvgIpc) is 3.34. The lowest BCUT2D eigenvalue weighted by Crippen LogP contribution is -2.43. The maximum Gasteiger partial charge on any atom is 0.241 e. The Morgan fingerprint density at radius 2 is 1.86 bits per heavy atom. The van der Waals surface area contributed by atoms with Gasteiger partial charge in [0.2, 0.25) is 11.8 Å². The van der Waals surface area contributed by atoms with Crippen LogP contribution in [0.4, 0.5) is 5.69 Å². The third kappa shape index (κ3) is 4.31. The van der Waals surface area contributed by atoms with Crippen LogP contribution in [0.1, 0.15) is 37.7 Å². The van der Waals surface area contributed by atoms with Crippen LogP contribution in [0.5, 0.6) is 0 Å². The lowest BCUT2D eigenvalue weighted by Gasteiger charge is -2.22. The van der Waals surface area contributed by atoms with Crippen molar-refractivity contribution in [3.05, 3.63) is 29.8 Å². The molecule has 5 heteroatoms. The molecule has 2 aliphatic rings. The van der Waals surface area contributed by atoms with Crippen molar-refractivity contribution in [1.82, 2.24) is 10.6 Å². The SMILES string of the molecule is O=C(Cc1ccc(NC(=O)C2CCCCN2)cc1)NC1CC1. The largest absolute Gasteiger partial charge is 0.353 e. The Labute approximate surface area is 130 Å². The highest BCUT2D eigenvalue weighted by atomic mass is 16.2. The van der Waals surface area contributed by atoms with Crippen LogP contribution in [0.25, 0.3) is 0 Å². The Balaban J connectivity index is 1.49. The fourth-order valence-electron chi connectivity index (χ4n) is 2.70. The molecular weight excluding hydrogens is 278 g/mol. The number of piperidine rings is 1. The molecule has 1 saturated carbocycles. The summed E-state index contributed by atoms with van der Waals surface area (Å²) in [5, 5.41) is 9.14. The molecule has 0 spiro atoms. The Hall–Kier alpha value is -1.88. The van der Waals surface area contributed by atoms with Gasteiger partial charge in [0.15, 0.2) is 0 Å². The minimum atomic E-state index is -0.0854. The first-order valence-corrected chi connectivity index (χ1v) is 8.13. The molecule has 2 fully saturated rings. The summed E-state index contributed by atoms with van der Waals surface area (Å²) in [4.78, 5) is 23.9. The molecule has 1 saturated heterocycles. The van der Waals surface area contributed by atoms with Gasteiger partial charge < -0.3 is 16.0 Å². The quantitative estimate of drug-likeness (QED) is 0.773. The van der Waals surface area contributed by atoms with Crippen LogP contribution in [-0.4, -0.2) is 30.4 Å². The molecule has 2 amide bonds. The van der Waals surface area contributed by atoms with Gasteiger partial charge in [-0.2, -0.15) is 0 Å². The zero-order chi connectivity index (χ0) is 15.4. The van der Waals surface area contributed by atoms with E-state index in [0.717, 1.165) is 49.9 Å². The molecule has 22 heavy (non-hydrogen) atoms. The lowest BCUT2D eigenvalue weighted by atomic mass is 10.0. The van der Waals surface area contributed by atoms with Crippen LogP contribution in [-0.2, 0) is 16.0 Å². The number of carbonyl (C=O) groups is 2. The second-order valence-electron chi connectivity index (χ2n) is 6.21. The van der Waals surface area contributed by atoms with E-state index in [1.165, 1.54) is 0 Å². The summed E-state index contributed by atoms with van der Waals surface area (Å²) in [6.45, 7) is 0.910. The fraction of sp³-hybridized carbons (Fsp3) is 0.529. The Morgan fingerprint density at radius 1 is 1.09 bits per heavy atom. The summed E-state index contributed by atoms with van der Waals surface area (Å²) >= 11 is 0. The van der Waals surface area contributed by atoms with Crippen LogP contribution >= 0.6 is 0 Å². The van der Waals surface area contributed by atoms with Crippen molar-refractivity contribution in [2.75, 3.05) is 11.9 Å². The maximum atomic E-state index is 12.1. The Bertz CT molecular complexity index is 531. The van der Waals surface area contributed by atoms with Crippen molar-refractivity contribution in [1.29, 1.82) is 0 Å². The first-order chi connectivity index (χ1) is 10.7. The predicted octanol–water partition coefficient (Wildman–Crippen LogP) is 1.59. The second-order valence-corrected chi connectivity index (χ2v) is 6.21. The predicted molar refractivity (Wildman–Crippen MR) is 85.6 cm³/mol. The van der Waals surface area contributed by atoms with E-state index < -0.39 is 0 Å². The third-order valence-electron chi connectivity index (χ3n) is 4.16. The summed E-state index contributed by atoms with van der Waals surface area (Å²) < 4.78 is 0. The molecule has 0 bridgehead atoms. The minimum absolute atomic E-state index is 0.0268. The minimum Gasteiger partial charge on any atom is -0.353 e. The van der Waals surface area contributed by atoms with Gasteiger partial charge in [-0.3, -0.25) is 9.59 Å². The molecule has 3 N–H and O–H groups in total. The first-order valence-electron chi connectivity index (χ1n) is 8.13. The van der Waals surface area contributed by atoms with Crippen molar-refractivity contribution in [3.63, 3.8) is 0 Å². The highest BCUT2D eigenvalue weighted by molar-refractivity contribution is 5.94. The monoisotopic (exact) mass is 301 g/mol. The number of rotatable bonds is 5. The van der Waals surface area contributed by atoms with E-state index in [4.69, 9.17) is 0 Å². The molecule has 1 aromatic carbocycles. The molecule has 118 valence electrons. The molecule has 1 unspecified atom stereocenters. The number of anilines is 1. The van der Waals surface area contributed by atoms with Crippen LogP contribution in [0.15, 0.2) is 24.3 Å². The van der Waals surface area contributed by atoms with Gasteiger partial charge in [-0.15, -0.1) is 0 Å². The highest BCUT2D eigenvalue weighted by Crippen LogP contribution is 2.19. The molecule has 5 nitrogen and oxygen atoms in total. The van der Waals surface area contributed by atoms with Crippen molar-refractivity contribution in [2.45, 2.75) is 50.6 Å². The zero-order valence-corrected chi connectivity index (χ0v) is 12.7. The Morgan fingerprint density at radius 3 is 2.50 bits per heavy atom. The van der Waals surface area contributed by atoms with E-state index in [-0.39, 0.29) is 17.9 Å². The maximum absolute atomic E-state index is 12.1. The summed E-state index contributed by atoms with van der Waals surface area (Å²) in [6.07, 6.45) is 5.74. The van der Waals surface area contributed by atoms with E-state index in [2.05, 4.69) is 16.0 Å². The zero-order valence-electron chi connectivity index (χ0n) is 12.7. The molecule has 3 rings (SSSR count). The summed E-state index contributed by atoms with van der Waals surface area (Å²) in [7, 11) is 0. The van der Waals surface area contributed by atoms with Crippen LogP contribution in [0, 0.1) is 0 Å². The number of carbonyl (C=O) groups excluding carboxylic acids is 2. The average molecular weight is 301 g/mol. The first kappa shape index (κ1) is 15.0. The van der Waals surface area contributed by atoms with Gasteiger partial charge in [-0.1, -0.05) is 18.6 Å². The molecule has 1 aliphatic heterocycles. The molecule has 0 aromatic heterocycles. The van der Waals surface area contributed by atoms with E-state index in [9.17, 15) is 9.59 Å². The van der Waals surface area contributed by atoms with Crippen molar-refractivity contribution >= 4 is 17.5 Å². The summed E-state index contributed by atoms with van der Waals surface area (Å²) in [5.41, 5.74) is 1.75. The standard InChI is InChI=1S/C17H23N3O2/c21-16(19-13-8-9-13)11-12-4-6-14(7-5-12)20-17(22)15-3-1-2-10-18-15/h4-7,13,15,18H,1-3,8-11H2,(H,19,21)(H,20,22). The van der Waals surface area contributed by atoms with Crippen LogP contribution < -0.4 is 16.0 Å². The summed E-state index contributed by atoms with van der Waals surface area (Å²) in [5.74, 6) is 0.101. The number of benzene rings is 1. The van der Waals surface area contributed by atoms with Gasteiger partial charge in [-0.25, -0.2) is 0 Å². The van der Waals surface area contributed by atoms with Gasteiger partial charge >= 0.3 is 0 Å². The Kier molecular flexibility index (Phi) is 4.73. The van der Waals surface area contributed by atoms with Crippen molar-refractivity contribution < 1.29 is 9.59 Å². The molecule has 1 aromatic rings. The summed E-state index contributed by atoms with van der Waals surface area (Å²) in [6, 6.07) is 7.83. The topological polar surface area (TPSA) is 70.2 Å².